The maximum atomic E-state index is 13.2. The Kier molecular flexibility index (Phi) is 6.89. The fraction of sp³-hybridized carbons (Fsp3) is 0.357. The molecule has 2 amide bonds. The molecule has 4 rings (SSSR count). The Hall–Kier alpha value is -3.14. The van der Waals surface area contributed by atoms with Crippen LogP contribution in [0.5, 0.6) is 0 Å². The molecule has 1 aliphatic heterocycles. The predicted molar refractivity (Wildman–Crippen MR) is 129 cm³/mol. The summed E-state index contributed by atoms with van der Waals surface area (Å²) in [5, 5.41) is 5.35. The molecule has 1 atom stereocenters. The van der Waals surface area contributed by atoms with Gasteiger partial charge in [-0.25, -0.2) is 0 Å². The van der Waals surface area contributed by atoms with Gasteiger partial charge in [0.25, 0.3) is 5.91 Å². The molecular formula is C28H32N2O2. The van der Waals surface area contributed by atoms with E-state index < -0.39 is 0 Å². The average Bonchev–Trinajstić information content (AvgIpc) is 2.83. The van der Waals surface area contributed by atoms with Crippen LogP contribution < -0.4 is 5.32 Å². The highest BCUT2D eigenvalue weighted by Crippen LogP contribution is 2.26. The second-order valence-corrected chi connectivity index (χ2v) is 9.19. The Bertz CT molecular complexity index is 1060. The lowest BCUT2D eigenvalue weighted by molar-refractivity contribution is -0.127. The van der Waals surface area contributed by atoms with E-state index in [1.807, 2.05) is 65.6 Å². The summed E-state index contributed by atoms with van der Waals surface area (Å²) in [5.74, 6) is 0.602. The van der Waals surface area contributed by atoms with E-state index in [2.05, 4.69) is 31.3 Å². The molecule has 0 aromatic heterocycles. The zero-order valence-electron chi connectivity index (χ0n) is 19.0. The molecular weight excluding hydrogens is 396 g/mol. The first kappa shape index (κ1) is 22.1. The summed E-state index contributed by atoms with van der Waals surface area (Å²) in [6.45, 7) is 5.58. The minimum Gasteiger partial charge on any atom is -0.349 e. The van der Waals surface area contributed by atoms with Crippen molar-refractivity contribution in [3.63, 3.8) is 0 Å². The fourth-order valence-electron chi connectivity index (χ4n) is 4.65. The lowest BCUT2D eigenvalue weighted by Crippen LogP contribution is -2.43. The Labute approximate surface area is 190 Å². The van der Waals surface area contributed by atoms with Gasteiger partial charge in [-0.2, -0.15) is 0 Å². The number of piperidine rings is 1. The van der Waals surface area contributed by atoms with Gasteiger partial charge in [0.15, 0.2) is 0 Å². The van der Waals surface area contributed by atoms with Gasteiger partial charge in [0, 0.05) is 24.6 Å². The zero-order chi connectivity index (χ0) is 22.5. The summed E-state index contributed by atoms with van der Waals surface area (Å²) in [4.78, 5) is 28.2. The van der Waals surface area contributed by atoms with Crippen molar-refractivity contribution in [1.29, 1.82) is 0 Å². The summed E-state index contributed by atoms with van der Waals surface area (Å²) in [6.07, 6.45) is 2.31. The lowest BCUT2D eigenvalue weighted by atomic mass is 9.92. The Morgan fingerprint density at radius 3 is 2.28 bits per heavy atom. The van der Waals surface area contributed by atoms with E-state index in [4.69, 9.17) is 0 Å². The summed E-state index contributed by atoms with van der Waals surface area (Å²) in [7, 11) is 0. The number of rotatable bonds is 6. The van der Waals surface area contributed by atoms with E-state index in [1.54, 1.807) is 0 Å². The molecule has 32 heavy (non-hydrogen) atoms. The van der Waals surface area contributed by atoms with Gasteiger partial charge in [-0.05, 0) is 47.6 Å². The highest BCUT2D eigenvalue weighted by Gasteiger charge is 2.29. The topological polar surface area (TPSA) is 49.4 Å². The van der Waals surface area contributed by atoms with E-state index in [-0.39, 0.29) is 23.8 Å². The van der Waals surface area contributed by atoms with Crippen LogP contribution in [0.3, 0.4) is 0 Å². The highest BCUT2D eigenvalue weighted by molar-refractivity contribution is 6.07. The molecule has 4 heteroatoms. The van der Waals surface area contributed by atoms with Gasteiger partial charge in [-0.15, -0.1) is 0 Å². The van der Waals surface area contributed by atoms with Crippen LogP contribution >= 0.6 is 0 Å². The minimum absolute atomic E-state index is 0.0269. The number of nitrogens with one attached hydrogen (secondary N) is 1. The third-order valence-corrected chi connectivity index (χ3v) is 6.40. The monoisotopic (exact) mass is 428 g/mol. The van der Waals surface area contributed by atoms with Crippen molar-refractivity contribution < 1.29 is 9.59 Å². The largest absolute Gasteiger partial charge is 0.349 e. The third-order valence-electron chi connectivity index (χ3n) is 6.40. The molecule has 3 aromatic rings. The number of nitrogens with zero attached hydrogens (tertiary/aromatic N) is 1. The van der Waals surface area contributed by atoms with E-state index in [0.29, 0.717) is 31.8 Å². The molecule has 3 aromatic carbocycles. The molecule has 0 bridgehead atoms. The molecule has 4 nitrogen and oxygen atoms in total. The zero-order valence-corrected chi connectivity index (χ0v) is 19.0. The molecule has 1 saturated heterocycles. The molecule has 1 unspecified atom stereocenters. The lowest BCUT2D eigenvalue weighted by Gasteiger charge is -2.33. The Morgan fingerprint density at radius 2 is 1.56 bits per heavy atom. The highest BCUT2D eigenvalue weighted by atomic mass is 16.2. The first-order valence-electron chi connectivity index (χ1n) is 11.7. The molecule has 1 aliphatic rings. The van der Waals surface area contributed by atoms with Crippen LogP contribution in [0.15, 0.2) is 72.8 Å². The number of hydrogen-bond acceptors (Lipinski definition) is 2. The predicted octanol–water partition coefficient (Wildman–Crippen LogP) is 5.60. The van der Waals surface area contributed by atoms with Crippen molar-refractivity contribution >= 4 is 22.6 Å². The van der Waals surface area contributed by atoms with Crippen LogP contribution in [-0.4, -0.2) is 29.8 Å². The summed E-state index contributed by atoms with van der Waals surface area (Å²) >= 11 is 0. The number of hydrogen-bond donors (Lipinski definition) is 1. The number of amides is 2. The van der Waals surface area contributed by atoms with Crippen LogP contribution in [0.4, 0.5) is 0 Å². The van der Waals surface area contributed by atoms with Gasteiger partial charge in [0.2, 0.25) is 5.91 Å². The number of likely N-dealkylation sites (tertiary alicyclic amines) is 1. The van der Waals surface area contributed by atoms with E-state index in [9.17, 15) is 9.59 Å². The van der Waals surface area contributed by atoms with Gasteiger partial charge in [0.05, 0.1) is 6.04 Å². The SMILES string of the molecule is CC(C)CC(NC(=O)C1CCN(C(=O)c2cccc3ccccc23)CC1)c1ccccc1. The van der Waals surface area contributed by atoms with Crippen LogP contribution in [0.2, 0.25) is 0 Å². The van der Waals surface area contributed by atoms with Gasteiger partial charge >= 0.3 is 0 Å². The summed E-state index contributed by atoms with van der Waals surface area (Å²) in [6, 6.07) is 24.1. The van der Waals surface area contributed by atoms with Crippen LogP contribution in [0.25, 0.3) is 10.8 Å². The standard InChI is InChI=1S/C28H32N2O2/c1-20(2)19-26(22-10-4-3-5-11-22)29-27(31)23-15-17-30(18-16-23)28(32)25-14-8-12-21-9-6-7-13-24(21)25/h3-14,20,23,26H,15-19H2,1-2H3,(H,29,31). The Balaban J connectivity index is 1.39. The van der Waals surface area contributed by atoms with Crippen molar-refractivity contribution in [2.24, 2.45) is 11.8 Å². The van der Waals surface area contributed by atoms with Crippen molar-refractivity contribution in [2.75, 3.05) is 13.1 Å². The van der Waals surface area contributed by atoms with Gasteiger partial charge in [0.1, 0.15) is 0 Å². The molecule has 0 radical (unpaired) electrons. The molecule has 1 N–H and O–H groups in total. The number of fused-ring (bicyclic) bond motifs is 1. The first-order valence-corrected chi connectivity index (χ1v) is 11.7. The number of carbonyl (C=O) groups excluding carboxylic acids is 2. The van der Waals surface area contributed by atoms with Gasteiger partial charge < -0.3 is 10.2 Å². The fourth-order valence-corrected chi connectivity index (χ4v) is 4.65. The second kappa shape index (κ2) is 9.99. The van der Waals surface area contributed by atoms with E-state index >= 15 is 0 Å². The van der Waals surface area contributed by atoms with Crippen LogP contribution in [0.1, 0.15) is 55.1 Å². The van der Waals surface area contributed by atoms with Crippen molar-refractivity contribution in [3.05, 3.63) is 83.9 Å². The van der Waals surface area contributed by atoms with E-state index in [1.165, 1.54) is 0 Å². The molecule has 0 aliphatic carbocycles. The van der Waals surface area contributed by atoms with Crippen LogP contribution in [0, 0.1) is 11.8 Å². The summed E-state index contributed by atoms with van der Waals surface area (Å²) < 4.78 is 0. The summed E-state index contributed by atoms with van der Waals surface area (Å²) in [5.41, 5.74) is 1.89. The third kappa shape index (κ3) is 5.01. The van der Waals surface area contributed by atoms with Gasteiger partial charge in [-0.3, -0.25) is 9.59 Å². The van der Waals surface area contributed by atoms with E-state index in [0.717, 1.165) is 28.3 Å². The normalized spacial score (nSPS) is 15.7. The Morgan fingerprint density at radius 1 is 0.906 bits per heavy atom. The van der Waals surface area contributed by atoms with Gasteiger partial charge in [-0.1, -0.05) is 80.6 Å². The smallest absolute Gasteiger partial charge is 0.254 e. The second-order valence-electron chi connectivity index (χ2n) is 9.19. The molecule has 0 saturated carbocycles. The van der Waals surface area contributed by atoms with Crippen molar-refractivity contribution in [1.82, 2.24) is 10.2 Å². The minimum atomic E-state index is -0.0510. The van der Waals surface area contributed by atoms with Crippen LogP contribution in [-0.2, 0) is 4.79 Å². The molecule has 0 spiro atoms. The maximum Gasteiger partial charge on any atom is 0.254 e. The first-order chi connectivity index (χ1) is 15.5. The van der Waals surface area contributed by atoms with Crippen molar-refractivity contribution in [2.45, 2.75) is 39.2 Å². The quantitative estimate of drug-likeness (QED) is 0.556. The number of carbonyl (C=O) groups is 2. The molecule has 166 valence electrons. The maximum absolute atomic E-state index is 13.2. The van der Waals surface area contributed by atoms with Crippen molar-refractivity contribution in [3.8, 4) is 0 Å². The number of benzene rings is 3. The average molecular weight is 429 g/mol. The molecule has 1 heterocycles. The molecule has 1 fully saturated rings.